The number of halogens is 3. The number of nitrogens with two attached hydrogens (primary N) is 1. The highest BCUT2D eigenvalue weighted by molar-refractivity contribution is 5.85. The zero-order chi connectivity index (χ0) is 13.1. The number of aromatic nitrogens is 1. The Kier molecular flexibility index (Phi) is 4.06. The summed E-state index contributed by atoms with van der Waals surface area (Å²) in [7, 11) is 0. The molecule has 0 aliphatic rings. The third-order valence-corrected chi connectivity index (χ3v) is 2.06. The molecule has 0 radical (unpaired) electrons. The molecule has 0 unspecified atom stereocenters. The van der Waals surface area contributed by atoms with Gasteiger partial charge in [0.15, 0.2) is 0 Å². The third kappa shape index (κ3) is 4.03. The van der Waals surface area contributed by atoms with Crippen LogP contribution in [0.3, 0.4) is 0 Å². The Bertz CT molecular complexity index is 401. The molecule has 0 bridgehead atoms. The fourth-order valence-electron chi connectivity index (χ4n) is 1.20. The van der Waals surface area contributed by atoms with Crippen LogP contribution in [0.1, 0.15) is 24.2 Å². The molecule has 1 aromatic heterocycles. The summed E-state index contributed by atoms with van der Waals surface area (Å²) >= 11 is 0. The first-order valence-corrected chi connectivity index (χ1v) is 4.90. The van der Waals surface area contributed by atoms with Crippen molar-refractivity contribution in [2.45, 2.75) is 19.1 Å². The van der Waals surface area contributed by atoms with Crippen molar-refractivity contribution in [3.63, 3.8) is 0 Å². The van der Waals surface area contributed by atoms with Crippen LogP contribution in [0.5, 0.6) is 0 Å². The molecule has 1 aromatic rings. The molecular formula is C10H13F3N4. The molecular weight excluding hydrogens is 233 g/mol. The van der Waals surface area contributed by atoms with Crippen LogP contribution >= 0.6 is 0 Å². The maximum absolute atomic E-state index is 12.0. The Morgan fingerprint density at radius 1 is 1.59 bits per heavy atom. The largest absolute Gasteiger partial charge is 0.405 e. The molecule has 0 saturated heterocycles. The van der Waals surface area contributed by atoms with Crippen molar-refractivity contribution < 1.29 is 13.2 Å². The molecule has 1 atom stereocenters. The maximum Gasteiger partial charge on any atom is 0.405 e. The number of pyridine rings is 1. The van der Waals surface area contributed by atoms with Crippen molar-refractivity contribution in [3.05, 3.63) is 23.5 Å². The number of hydrogen-bond donors (Lipinski definition) is 3. The molecule has 17 heavy (non-hydrogen) atoms. The van der Waals surface area contributed by atoms with Gasteiger partial charge in [0.2, 0.25) is 0 Å². The van der Waals surface area contributed by atoms with E-state index in [9.17, 15) is 13.2 Å². The summed E-state index contributed by atoms with van der Waals surface area (Å²) in [5, 5.41) is 9.33. The van der Waals surface area contributed by atoms with Gasteiger partial charge in [0.25, 0.3) is 0 Å². The number of hydrogen-bond acceptors (Lipinski definition) is 4. The standard InChI is InChI=1S/C10H13F3N4/c1-6(15)8-2-7(3-14)9(4-16-8)17-5-10(11,12)13/h2-4,6,14,17H,5,15H2,1H3/t6-/m1/s1. The topological polar surface area (TPSA) is 74.8 Å². The van der Waals surface area contributed by atoms with E-state index in [1.165, 1.54) is 12.3 Å². The Balaban J connectivity index is 2.89. The lowest BCUT2D eigenvalue weighted by atomic mass is 10.1. The van der Waals surface area contributed by atoms with Crippen molar-refractivity contribution >= 4 is 11.9 Å². The summed E-state index contributed by atoms with van der Waals surface area (Å²) in [4.78, 5) is 3.93. The van der Waals surface area contributed by atoms with E-state index >= 15 is 0 Å². The highest BCUT2D eigenvalue weighted by Gasteiger charge is 2.27. The first-order chi connectivity index (χ1) is 7.83. The van der Waals surface area contributed by atoms with Crippen molar-refractivity contribution in [3.8, 4) is 0 Å². The molecule has 0 aliphatic heterocycles. The zero-order valence-electron chi connectivity index (χ0n) is 9.17. The Hall–Kier alpha value is -1.63. The molecule has 1 heterocycles. The van der Waals surface area contributed by atoms with Gasteiger partial charge in [-0.15, -0.1) is 0 Å². The van der Waals surface area contributed by atoms with Gasteiger partial charge in [-0.05, 0) is 13.0 Å². The Morgan fingerprint density at radius 3 is 2.71 bits per heavy atom. The van der Waals surface area contributed by atoms with Crippen LogP contribution in [0, 0.1) is 5.41 Å². The molecule has 4 N–H and O–H groups in total. The first kappa shape index (κ1) is 13.4. The minimum Gasteiger partial charge on any atom is -0.375 e. The van der Waals surface area contributed by atoms with E-state index in [0.29, 0.717) is 11.3 Å². The van der Waals surface area contributed by atoms with Crippen LogP contribution < -0.4 is 11.1 Å². The summed E-state index contributed by atoms with van der Waals surface area (Å²) in [6.07, 6.45) is -2.09. The predicted molar refractivity (Wildman–Crippen MR) is 59.3 cm³/mol. The fraction of sp³-hybridized carbons (Fsp3) is 0.400. The molecule has 4 nitrogen and oxygen atoms in total. The minimum absolute atomic E-state index is 0.168. The molecule has 0 amide bonds. The highest BCUT2D eigenvalue weighted by atomic mass is 19.4. The van der Waals surface area contributed by atoms with Gasteiger partial charge in [0.1, 0.15) is 6.54 Å². The SMILES string of the molecule is C[C@@H](N)c1cc(C=N)c(NCC(F)(F)F)cn1. The van der Waals surface area contributed by atoms with Gasteiger partial charge in [-0.2, -0.15) is 13.2 Å². The lowest BCUT2D eigenvalue weighted by Gasteiger charge is -2.13. The van der Waals surface area contributed by atoms with Crippen LogP contribution in [0.4, 0.5) is 18.9 Å². The zero-order valence-corrected chi connectivity index (χ0v) is 9.17. The summed E-state index contributed by atoms with van der Waals surface area (Å²) in [5.74, 6) is 0. The number of nitrogens with one attached hydrogen (secondary N) is 2. The summed E-state index contributed by atoms with van der Waals surface area (Å²) < 4.78 is 36.1. The van der Waals surface area contributed by atoms with Gasteiger partial charge in [0, 0.05) is 17.8 Å². The molecule has 0 fully saturated rings. The maximum atomic E-state index is 12.0. The average Bonchev–Trinajstić information content (AvgIpc) is 2.24. The minimum atomic E-state index is -4.31. The van der Waals surface area contributed by atoms with Crippen LogP contribution in [-0.4, -0.2) is 23.9 Å². The molecule has 7 heteroatoms. The first-order valence-electron chi connectivity index (χ1n) is 4.90. The van der Waals surface area contributed by atoms with Gasteiger partial charge in [-0.25, -0.2) is 0 Å². The smallest absolute Gasteiger partial charge is 0.375 e. The second-order valence-electron chi connectivity index (χ2n) is 3.60. The number of alkyl halides is 3. The van der Waals surface area contributed by atoms with E-state index in [0.717, 1.165) is 6.21 Å². The van der Waals surface area contributed by atoms with E-state index in [4.69, 9.17) is 11.1 Å². The van der Waals surface area contributed by atoms with Gasteiger partial charge in [0.05, 0.1) is 17.6 Å². The normalized spacial score (nSPS) is 13.2. The van der Waals surface area contributed by atoms with E-state index in [1.807, 2.05) is 0 Å². The second kappa shape index (κ2) is 5.13. The van der Waals surface area contributed by atoms with Crippen molar-refractivity contribution in [1.29, 1.82) is 5.41 Å². The Labute approximate surface area is 96.5 Å². The van der Waals surface area contributed by atoms with Gasteiger partial charge < -0.3 is 16.5 Å². The van der Waals surface area contributed by atoms with Crippen LogP contribution in [0.2, 0.25) is 0 Å². The molecule has 1 rings (SSSR count). The second-order valence-corrected chi connectivity index (χ2v) is 3.60. The van der Waals surface area contributed by atoms with E-state index < -0.39 is 12.7 Å². The number of anilines is 1. The Morgan fingerprint density at radius 2 is 2.24 bits per heavy atom. The van der Waals surface area contributed by atoms with E-state index in [2.05, 4.69) is 10.3 Å². The molecule has 0 aromatic carbocycles. The van der Waals surface area contributed by atoms with Crippen LogP contribution in [0.25, 0.3) is 0 Å². The number of nitrogens with zero attached hydrogens (tertiary/aromatic N) is 1. The lowest BCUT2D eigenvalue weighted by molar-refractivity contribution is -0.115. The molecule has 0 aliphatic carbocycles. The van der Waals surface area contributed by atoms with Gasteiger partial charge in [-0.1, -0.05) is 0 Å². The quantitative estimate of drug-likeness (QED) is 0.712. The molecule has 0 saturated carbocycles. The summed E-state index contributed by atoms with van der Waals surface area (Å²) in [6, 6.07) is 1.17. The van der Waals surface area contributed by atoms with E-state index in [1.54, 1.807) is 6.92 Å². The number of rotatable bonds is 4. The molecule has 0 spiro atoms. The van der Waals surface area contributed by atoms with Crippen molar-refractivity contribution in [2.24, 2.45) is 5.73 Å². The summed E-state index contributed by atoms with van der Waals surface area (Å²) in [5.41, 5.74) is 6.62. The summed E-state index contributed by atoms with van der Waals surface area (Å²) in [6.45, 7) is 0.548. The van der Waals surface area contributed by atoms with Gasteiger partial charge >= 0.3 is 6.18 Å². The average molecular weight is 246 g/mol. The molecule has 94 valence electrons. The van der Waals surface area contributed by atoms with Crippen molar-refractivity contribution in [2.75, 3.05) is 11.9 Å². The third-order valence-electron chi connectivity index (χ3n) is 2.06. The fourth-order valence-corrected chi connectivity index (χ4v) is 1.20. The van der Waals surface area contributed by atoms with E-state index in [-0.39, 0.29) is 11.7 Å². The lowest BCUT2D eigenvalue weighted by Crippen LogP contribution is -2.22. The highest BCUT2D eigenvalue weighted by Crippen LogP contribution is 2.20. The van der Waals surface area contributed by atoms with Gasteiger partial charge in [-0.3, -0.25) is 4.98 Å². The predicted octanol–water partition coefficient (Wildman–Crippen LogP) is 2.07. The van der Waals surface area contributed by atoms with Crippen LogP contribution in [0.15, 0.2) is 12.3 Å². The van der Waals surface area contributed by atoms with Crippen LogP contribution in [-0.2, 0) is 0 Å². The van der Waals surface area contributed by atoms with Crippen molar-refractivity contribution in [1.82, 2.24) is 4.98 Å². The monoisotopic (exact) mass is 246 g/mol.